The highest BCUT2D eigenvalue weighted by molar-refractivity contribution is 5.99. The molecule has 1 amide bonds. The Labute approximate surface area is 116 Å². The number of rotatable bonds is 6. The standard InChI is InChI=1S/C13H17N5O2/c1-3-14-11-6-9(2)16-7-10(11)13(19)15-5-4-12-17-8-18-20-12/h6-8H,3-5H2,1-2H3,(H,14,16)(H,15,19). The highest BCUT2D eigenvalue weighted by atomic mass is 16.5. The van der Waals surface area contributed by atoms with Gasteiger partial charge in [-0.15, -0.1) is 0 Å². The average molecular weight is 275 g/mol. The molecule has 2 heterocycles. The minimum absolute atomic E-state index is 0.173. The molecule has 0 atom stereocenters. The van der Waals surface area contributed by atoms with Crippen LogP contribution in [0.5, 0.6) is 0 Å². The number of aromatic nitrogens is 3. The van der Waals surface area contributed by atoms with Crippen molar-refractivity contribution in [3.8, 4) is 0 Å². The van der Waals surface area contributed by atoms with Crippen LogP contribution in [-0.2, 0) is 6.42 Å². The van der Waals surface area contributed by atoms with E-state index < -0.39 is 0 Å². The van der Waals surface area contributed by atoms with E-state index in [9.17, 15) is 4.79 Å². The van der Waals surface area contributed by atoms with E-state index >= 15 is 0 Å². The molecule has 0 aliphatic carbocycles. The summed E-state index contributed by atoms with van der Waals surface area (Å²) >= 11 is 0. The molecule has 0 saturated carbocycles. The Morgan fingerprint density at radius 2 is 2.25 bits per heavy atom. The molecule has 0 radical (unpaired) electrons. The van der Waals surface area contributed by atoms with E-state index in [4.69, 9.17) is 4.52 Å². The molecule has 0 spiro atoms. The van der Waals surface area contributed by atoms with Crippen LogP contribution in [0.1, 0.15) is 28.9 Å². The lowest BCUT2D eigenvalue weighted by Gasteiger charge is -2.11. The molecule has 0 aliphatic heterocycles. The minimum atomic E-state index is -0.173. The summed E-state index contributed by atoms with van der Waals surface area (Å²) in [5, 5.41) is 9.48. The smallest absolute Gasteiger partial charge is 0.254 e. The Kier molecular flexibility index (Phi) is 4.65. The first-order valence-electron chi connectivity index (χ1n) is 6.45. The van der Waals surface area contributed by atoms with Crippen molar-refractivity contribution in [1.82, 2.24) is 20.4 Å². The monoisotopic (exact) mass is 275 g/mol. The van der Waals surface area contributed by atoms with E-state index in [0.29, 0.717) is 24.4 Å². The molecule has 2 N–H and O–H groups in total. The molecule has 0 unspecified atom stereocenters. The van der Waals surface area contributed by atoms with Crippen LogP contribution >= 0.6 is 0 Å². The number of carbonyl (C=O) groups excluding carboxylic acids is 1. The van der Waals surface area contributed by atoms with Crippen molar-refractivity contribution in [3.63, 3.8) is 0 Å². The number of pyridine rings is 1. The number of carbonyl (C=O) groups is 1. The maximum Gasteiger partial charge on any atom is 0.254 e. The maximum atomic E-state index is 12.1. The van der Waals surface area contributed by atoms with E-state index in [1.165, 1.54) is 6.33 Å². The molecule has 0 fully saturated rings. The zero-order valence-corrected chi connectivity index (χ0v) is 11.5. The zero-order chi connectivity index (χ0) is 14.4. The van der Waals surface area contributed by atoms with Gasteiger partial charge < -0.3 is 15.2 Å². The van der Waals surface area contributed by atoms with Crippen LogP contribution in [0.2, 0.25) is 0 Å². The van der Waals surface area contributed by atoms with Crippen LogP contribution in [-0.4, -0.2) is 34.1 Å². The second-order valence-electron chi connectivity index (χ2n) is 4.24. The van der Waals surface area contributed by atoms with Gasteiger partial charge in [0.1, 0.15) is 0 Å². The van der Waals surface area contributed by atoms with Crippen molar-refractivity contribution in [1.29, 1.82) is 0 Å². The van der Waals surface area contributed by atoms with Crippen molar-refractivity contribution in [2.45, 2.75) is 20.3 Å². The van der Waals surface area contributed by atoms with Gasteiger partial charge in [0.05, 0.1) is 11.3 Å². The number of nitrogens with one attached hydrogen (secondary N) is 2. The number of anilines is 1. The van der Waals surface area contributed by atoms with Crippen LogP contribution in [0.25, 0.3) is 0 Å². The molecule has 2 rings (SSSR count). The fourth-order valence-corrected chi connectivity index (χ4v) is 1.76. The van der Waals surface area contributed by atoms with Crippen molar-refractivity contribution in [2.24, 2.45) is 0 Å². The van der Waals surface area contributed by atoms with E-state index in [2.05, 4.69) is 25.8 Å². The summed E-state index contributed by atoms with van der Waals surface area (Å²) in [6, 6.07) is 1.86. The molecule has 7 nitrogen and oxygen atoms in total. The van der Waals surface area contributed by atoms with Gasteiger partial charge in [-0.2, -0.15) is 4.98 Å². The first kappa shape index (κ1) is 14.0. The summed E-state index contributed by atoms with van der Waals surface area (Å²) in [6.45, 7) is 5.04. The molecular weight excluding hydrogens is 258 g/mol. The van der Waals surface area contributed by atoms with Crippen molar-refractivity contribution in [3.05, 3.63) is 35.7 Å². The SMILES string of the molecule is CCNc1cc(C)ncc1C(=O)NCCc1ncno1. The number of nitrogens with zero attached hydrogens (tertiary/aromatic N) is 3. The van der Waals surface area contributed by atoms with Gasteiger partial charge in [-0.1, -0.05) is 5.16 Å². The fraction of sp³-hybridized carbons (Fsp3) is 0.385. The first-order chi connectivity index (χ1) is 9.70. The predicted molar refractivity (Wildman–Crippen MR) is 73.5 cm³/mol. The van der Waals surface area contributed by atoms with Gasteiger partial charge in [-0.05, 0) is 19.9 Å². The third kappa shape index (κ3) is 3.53. The summed E-state index contributed by atoms with van der Waals surface area (Å²) < 4.78 is 4.86. The molecule has 0 aromatic carbocycles. The van der Waals surface area contributed by atoms with Gasteiger partial charge in [0.15, 0.2) is 6.33 Å². The topological polar surface area (TPSA) is 92.9 Å². The zero-order valence-electron chi connectivity index (χ0n) is 11.5. The van der Waals surface area contributed by atoms with Gasteiger partial charge in [0.25, 0.3) is 5.91 Å². The number of hydrogen-bond donors (Lipinski definition) is 2. The first-order valence-corrected chi connectivity index (χ1v) is 6.45. The van der Waals surface area contributed by atoms with Gasteiger partial charge >= 0.3 is 0 Å². The summed E-state index contributed by atoms with van der Waals surface area (Å²) in [4.78, 5) is 20.2. The number of aryl methyl sites for hydroxylation is 1. The summed E-state index contributed by atoms with van der Waals surface area (Å²) in [7, 11) is 0. The molecular formula is C13H17N5O2. The minimum Gasteiger partial charge on any atom is -0.385 e. The van der Waals surface area contributed by atoms with Crippen LogP contribution in [0, 0.1) is 6.92 Å². The lowest BCUT2D eigenvalue weighted by molar-refractivity contribution is 0.0954. The van der Waals surface area contributed by atoms with Crippen LogP contribution in [0.3, 0.4) is 0 Å². The molecule has 0 bridgehead atoms. The fourth-order valence-electron chi connectivity index (χ4n) is 1.76. The molecule has 0 saturated heterocycles. The van der Waals surface area contributed by atoms with E-state index in [0.717, 1.165) is 17.9 Å². The molecule has 7 heteroatoms. The van der Waals surface area contributed by atoms with E-state index in [1.54, 1.807) is 6.20 Å². The third-order valence-electron chi connectivity index (χ3n) is 2.68. The molecule has 106 valence electrons. The number of amides is 1. The van der Waals surface area contributed by atoms with Crippen molar-refractivity contribution >= 4 is 11.6 Å². The Hall–Kier alpha value is -2.44. The quantitative estimate of drug-likeness (QED) is 0.822. The highest BCUT2D eigenvalue weighted by Gasteiger charge is 2.12. The Bertz CT molecular complexity index is 568. The van der Waals surface area contributed by atoms with Crippen molar-refractivity contribution in [2.75, 3.05) is 18.4 Å². The van der Waals surface area contributed by atoms with Crippen molar-refractivity contribution < 1.29 is 9.32 Å². The lowest BCUT2D eigenvalue weighted by atomic mass is 10.2. The average Bonchev–Trinajstić information content (AvgIpc) is 2.92. The number of hydrogen-bond acceptors (Lipinski definition) is 6. The summed E-state index contributed by atoms with van der Waals surface area (Å²) in [5.41, 5.74) is 2.18. The molecule has 0 aliphatic rings. The lowest BCUT2D eigenvalue weighted by Crippen LogP contribution is -2.27. The summed E-state index contributed by atoms with van der Waals surface area (Å²) in [6.07, 6.45) is 3.42. The van der Waals surface area contributed by atoms with Gasteiger partial charge in [0.2, 0.25) is 5.89 Å². The van der Waals surface area contributed by atoms with Gasteiger partial charge in [0, 0.05) is 31.4 Å². The highest BCUT2D eigenvalue weighted by Crippen LogP contribution is 2.15. The normalized spacial score (nSPS) is 10.3. The summed E-state index contributed by atoms with van der Waals surface area (Å²) in [5.74, 6) is 0.326. The van der Waals surface area contributed by atoms with Crippen LogP contribution < -0.4 is 10.6 Å². The molecule has 2 aromatic rings. The van der Waals surface area contributed by atoms with E-state index in [-0.39, 0.29) is 5.91 Å². The van der Waals surface area contributed by atoms with Gasteiger partial charge in [-0.3, -0.25) is 9.78 Å². The largest absolute Gasteiger partial charge is 0.385 e. The second-order valence-corrected chi connectivity index (χ2v) is 4.24. The Balaban J connectivity index is 1.97. The maximum absolute atomic E-state index is 12.1. The Morgan fingerprint density at radius 3 is 2.95 bits per heavy atom. The Morgan fingerprint density at radius 1 is 1.40 bits per heavy atom. The molecule has 2 aromatic heterocycles. The predicted octanol–water partition coefficient (Wildman–Crippen LogP) is 1.18. The van der Waals surface area contributed by atoms with E-state index in [1.807, 2.05) is 19.9 Å². The molecule has 20 heavy (non-hydrogen) atoms. The second kappa shape index (κ2) is 6.65. The van der Waals surface area contributed by atoms with Gasteiger partial charge in [-0.25, -0.2) is 0 Å². The van der Waals surface area contributed by atoms with Crippen LogP contribution in [0.15, 0.2) is 23.1 Å². The third-order valence-corrected chi connectivity index (χ3v) is 2.68. The van der Waals surface area contributed by atoms with Crippen LogP contribution in [0.4, 0.5) is 5.69 Å².